The number of hydrogen-bond donors (Lipinski definition) is 1. The van der Waals surface area contributed by atoms with Gasteiger partial charge in [0.25, 0.3) is 0 Å². The maximum Gasteiger partial charge on any atom is 1.00 e. The summed E-state index contributed by atoms with van der Waals surface area (Å²) in [6, 6.07) is 22.9. The standard InChI is InChI=1S/C28H22ClN2O4.Na.H2O/c1-18(23-4-2-3-5-24(23)29)35-27(33)31-26-25(34-17-30-26)21-8-6-19(7-9-21)20-10-12-22(13-11-20)28(16-32)14-15-28;;/h2-13,17-18H,14-15H2,1H3,(H,31,33);;1H2/q-1;+1;/p-1/t18-;;/m1../s1. The second-order valence-corrected chi connectivity index (χ2v) is 8.97. The molecular weight excluding hydrogens is 503 g/mol. The summed E-state index contributed by atoms with van der Waals surface area (Å²) in [6.45, 7) is 1.75. The molecule has 1 heterocycles. The average Bonchev–Trinajstić information content (AvgIpc) is 3.56. The summed E-state index contributed by atoms with van der Waals surface area (Å²) < 4.78 is 11.0. The van der Waals surface area contributed by atoms with Crippen LogP contribution in [0.15, 0.2) is 83.6 Å². The molecule has 1 atom stereocenters. The Morgan fingerprint density at radius 2 is 1.62 bits per heavy atom. The average molecular weight is 526 g/mol. The first-order valence-corrected chi connectivity index (χ1v) is 11.6. The zero-order chi connectivity index (χ0) is 24.4. The molecule has 0 radical (unpaired) electrons. The van der Waals surface area contributed by atoms with Crippen molar-refractivity contribution in [2.75, 3.05) is 5.32 Å². The van der Waals surface area contributed by atoms with Gasteiger partial charge in [-0.15, -0.1) is 5.41 Å². The molecule has 9 heteroatoms. The van der Waals surface area contributed by atoms with E-state index in [2.05, 4.69) is 16.6 Å². The van der Waals surface area contributed by atoms with Gasteiger partial charge in [-0.1, -0.05) is 96.7 Å². The van der Waals surface area contributed by atoms with Crippen LogP contribution >= 0.6 is 11.6 Å². The number of amides is 1. The van der Waals surface area contributed by atoms with Gasteiger partial charge in [-0.3, -0.25) is 11.6 Å². The molecule has 3 aromatic carbocycles. The zero-order valence-corrected chi connectivity index (χ0v) is 23.2. The number of carbonyl (C=O) groups excluding carboxylic acids is 2. The van der Waals surface area contributed by atoms with E-state index in [9.17, 15) is 9.59 Å². The molecular formula is C28H23ClN2NaO5-. The van der Waals surface area contributed by atoms with Crippen molar-refractivity contribution >= 4 is 29.8 Å². The molecule has 184 valence electrons. The molecule has 1 aliphatic carbocycles. The molecule has 0 unspecified atom stereocenters. The molecule has 1 saturated carbocycles. The number of oxazole rings is 1. The van der Waals surface area contributed by atoms with E-state index in [1.54, 1.807) is 13.0 Å². The van der Waals surface area contributed by atoms with Crippen molar-refractivity contribution < 1.29 is 53.8 Å². The fraction of sp³-hybridized carbons (Fsp3) is 0.179. The number of nitrogens with one attached hydrogen (secondary N) is 1. The van der Waals surface area contributed by atoms with Crippen LogP contribution in [0, 0.1) is 0 Å². The third-order valence-electron chi connectivity index (χ3n) is 6.28. The smallest absolute Gasteiger partial charge is 0.870 e. The number of hydrogen-bond acceptors (Lipinski definition) is 6. The van der Waals surface area contributed by atoms with Gasteiger partial charge in [-0.05, 0) is 24.1 Å². The number of carbonyl (C=O) groups is 1. The number of ether oxygens (including phenoxy) is 1. The van der Waals surface area contributed by atoms with Crippen LogP contribution in [-0.4, -0.2) is 22.8 Å². The Bertz CT molecular complexity index is 1370. The second kappa shape index (κ2) is 12.1. The van der Waals surface area contributed by atoms with Crippen LogP contribution in [0.1, 0.15) is 37.0 Å². The van der Waals surface area contributed by atoms with Crippen molar-refractivity contribution in [2.45, 2.75) is 31.3 Å². The number of benzene rings is 3. The molecule has 4 aromatic rings. The van der Waals surface area contributed by atoms with E-state index in [0.717, 1.165) is 35.1 Å². The Morgan fingerprint density at radius 3 is 2.22 bits per heavy atom. The Kier molecular flexibility index (Phi) is 9.34. The van der Waals surface area contributed by atoms with Crippen LogP contribution in [-0.2, 0) is 14.9 Å². The molecule has 0 aliphatic heterocycles. The van der Waals surface area contributed by atoms with E-state index in [4.69, 9.17) is 20.8 Å². The van der Waals surface area contributed by atoms with E-state index >= 15 is 0 Å². The van der Waals surface area contributed by atoms with Crippen molar-refractivity contribution in [2.24, 2.45) is 0 Å². The first-order valence-electron chi connectivity index (χ1n) is 11.3. The van der Waals surface area contributed by atoms with E-state index < -0.39 is 17.6 Å². The van der Waals surface area contributed by atoms with Crippen molar-refractivity contribution in [1.29, 1.82) is 0 Å². The molecule has 0 spiro atoms. The number of aromatic nitrogens is 1. The van der Waals surface area contributed by atoms with Crippen LogP contribution in [0.2, 0.25) is 5.02 Å². The minimum atomic E-state index is -0.662. The van der Waals surface area contributed by atoms with Crippen LogP contribution in [0.5, 0.6) is 0 Å². The summed E-state index contributed by atoms with van der Waals surface area (Å²) in [5.74, 6) is 0.685. The van der Waals surface area contributed by atoms with Gasteiger partial charge in [0.2, 0.25) is 0 Å². The van der Waals surface area contributed by atoms with Crippen molar-refractivity contribution in [3.63, 3.8) is 0 Å². The molecule has 5 rings (SSSR count). The van der Waals surface area contributed by atoms with Gasteiger partial charge >= 0.3 is 35.7 Å². The molecule has 2 N–H and O–H groups in total. The normalized spacial score (nSPS) is 13.9. The van der Waals surface area contributed by atoms with E-state index in [1.807, 2.05) is 66.7 Å². The zero-order valence-electron chi connectivity index (χ0n) is 20.4. The van der Waals surface area contributed by atoms with Crippen LogP contribution in [0.3, 0.4) is 0 Å². The summed E-state index contributed by atoms with van der Waals surface area (Å²) in [4.78, 5) is 27.8. The molecule has 0 bridgehead atoms. The maximum atomic E-state index is 12.5. The summed E-state index contributed by atoms with van der Waals surface area (Å²) in [5.41, 5.74) is 4.14. The van der Waals surface area contributed by atoms with Crippen LogP contribution in [0.4, 0.5) is 10.6 Å². The predicted octanol–water partition coefficient (Wildman–Crippen LogP) is 3.94. The van der Waals surface area contributed by atoms with Crippen LogP contribution in [0.25, 0.3) is 22.5 Å². The quantitative estimate of drug-likeness (QED) is 0.289. The van der Waals surface area contributed by atoms with Gasteiger partial charge in [-0.2, -0.15) is 4.98 Å². The molecule has 1 fully saturated rings. The van der Waals surface area contributed by atoms with Gasteiger partial charge in [-0.25, -0.2) is 4.79 Å². The minimum Gasteiger partial charge on any atom is -0.870 e. The Balaban J connectivity index is 0.00000190. The van der Waals surface area contributed by atoms with Gasteiger partial charge in [0.15, 0.2) is 18.0 Å². The first-order chi connectivity index (χ1) is 17.0. The topological polar surface area (TPSA) is 111 Å². The minimum absolute atomic E-state index is 0. The Morgan fingerprint density at radius 1 is 1.03 bits per heavy atom. The number of nitrogens with zero attached hydrogens (tertiary/aromatic N) is 1. The van der Waals surface area contributed by atoms with Crippen LogP contribution < -0.4 is 34.9 Å². The van der Waals surface area contributed by atoms with E-state index in [1.165, 1.54) is 6.39 Å². The molecule has 1 aromatic heterocycles. The van der Waals surface area contributed by atoms with Gasteiger partial charge < -0.3 is 19.4 Å². The molecule has 0 saturated heterocycles. The fourth-order valence-electron chi connectivity index (χ4n) is 4.07. The van der Waals surface area contributed by atoms with Crippen molar-refractivity contribution in [1.82, 2.24) is 4.98 Å². The SMILES string of the molecule is C[C@@H](OC(=O)Nc1ncoc1-c1ccc(-c2ccc(C3([C-]=O)CC3)cc2)cc1)c1ccccc1Cl.[Na+].[OH-]. The second-order valence-electron chi connectivity index (χ2n) is 8.56. The van der Waals surface area contributed by atoms with Gasteiger partial charge in [0, 0.05) is 16.1 Å². The molecule has 1 aliphatic rings. The maximum absolute atomic E-state index is 12.5. The fourth-order valence-corrected chi connectivity index (χ4v) is 4.35. The summed E-state index contributed by atoms with van der Waals surface area (Å²) >= 11 is 6.19. The molecule has 7 nitrogen and oxygen atoms in total. The summed E-state index contributed by atoms with van der Waals surface area (Å²) in [5, 5.41) is 3.17. The Labute approximate surface area is 241 Å². The largest absolute Gasteiger partial charge is 1.00 e. The van der Waals surface area contributed by atoms with Gasteiger partial charge in [0.05, 0.1) is 0 Å². The van der Waals surface area contributed by atoms with Crippen molar-refractivity contribution in [3.8, 4) is 22.5 Å². The number of rotatable bonds is 7. The summed E-state index contributed by atoms with van der Waals surface area (Å²) in [7, 11) is 0. The van der Waals surface area contributed by atoms with Gasteiger partial charge in [0.1, 0.15) is 6.10 Å². The van der Waals surface area contributed by atoms with Crippen molar-refractivity contribution in [3.05, 3.63) is 95.3 Å². The molecule has 1 amide bonds. The third kappa shape index (κ3) is 6.14. The van der Waals surface area contributed by atoms with E-state index in [0.29, 0.717) is 16.3 Å². The first kappa shape index (κ1) is 28.6. The number of halogens is 1. The number of anilines is 1. The third-order valence-corrected chi connectivity index (χ3v) is 6.62. The predicted molar refractivity (Wildman–Crippen MR) is 136 cm³/mol. The Hall–Kier alpha value is -2.94. The summed E-state index contributed by atoms with van der Waals surface area (Å²) in [6.07, 6.45) is 3.98. The molecule has 37 heavy (non-hydrogen) atoms. The van der Waals surface area contributed by atoms with E-state index in [-0.39, 0.29) is 40.9 Å². The monoisotopic (exact) mass is 525 g/mol.